The molecule has 2 heterocycles. The topological polar surface area (TPSA) is 121 Å². The molecule has 2 aromatic rings. The minimum absolute atomic E-state index is 0.0368. The molecule has 1 aromatic heterocycles. The number of aromatic nitrogens is 1. The van der Waals surface area contributed by atoms with Crippen LogP contribution in [0.1, 0.15) is 44.1 Å². The molecule has 1 unspecified atom stereocenters. The number of piperidine rings is 1. The molecular weight excluding hydrogens is 448 g/mol. The number of ether oxygens (including phenoxy) is 1. The summed E-state index contributed by atoms with van der Waals surface area (Å²) in [6.45, 7) is 6.31. The highest BCUT2D eigenvalue weighted by Gasteiger charge is 2.69. The molecule has 1 aliphatic heterocycles. The number of carbonyl (C=O) groups excluding carboxylic acids is 4. The number of aldehydes is 1. The van der Waals surface area contributed by atoms with Crippen LogP contribution in [0.25, 0.3) is 10.9 Å². The zero-order valence-electron chi connectivity index (χ0n) is 20.5. The van der Waals surface area contributed by atoms with Gasteiger partial charge in [0, 0.05) is 17.4 Å². The lowest BCUT2D eigenvalue weighted by Gasteiger charge is -2.33. The second kappa shape index (κ2) is 8.39. The number of methoxy groups -OCH3 is 1. The van der Waals surface area contributed by atoms with Crippen LogP contribution in [0.2, 0.25) is 0 Å². The average molecular weight is 481 g/mol. The fourth-order valence-corrected chi connectivity index (χ4v) is 5.79. The third kappa shape index (κ3) is 3.96. The van der Waals surface area contributed by atoms with E-state index in [1.807, 2.05) is 18.2 Å². The summed E-state index contributed by atoms with van der Waals surface area (Å²) in [7, 11) is 1.58. The van der Waals surface area contributed by atoms with Gasteiger partial charge in [0.25, 0.3) is 5.91 Å². The molecule has 1 aromatic carbocycles. The monoisotopic (exact) mass is 480 g/mol. The summed E-state index contributed by atoms with van der Waals surface area (Å²) in [6, 6.07) is 5.29. The number of nitrogens with zero attached hydrogens (tertiary/aromatic N) is 1. The highest BCUT2D eigenvalue weighted by atomic mass is 16.5. The van der Waals surface area contributed by atoms with Crippen molar-refractivity contribution < 1.29 is 23.9 Å². The molecule has 0 radical (unpaired) electrons. The van der Waals surface area contributed by atoms with E-state index >= 15 is 0 Å². The van der Waals surface area contributed by atoms with Gasteiger partial charge in [-0.15, -0.1) is 0 Å². The van der Waals surface area contributed by atoms with E-state index in [-0.39, 0.29) is 40.9 Å². The van der Waals surface area contributed by atoms with Crippen LogP contribution in [0.15, 0.2) is 24.3 Å². The van der Waals surface area contributed by atoms with Gasteiger partial charge >= 0.3 is 0 Å². The summed E-state index contributed by atoms with van der Waals surface area (Å²) in [4.78, 5) is 55.9. The first-order valence-electron chi connectivity index (χ1n) is 12.2. The van der Waals surface area contributed by atoms with Gasteiger partial charge in [0.05, 0.1) is 13.2 Å². The maximum Gasteiger partial charge on any atom is 0.268 e. The Hall–Kier alpha value is -3.36. The summed E-state index contributed by atoms with van der Waals surface area (Å²) < 4.78 is 5.38. The molecule has 35 heavy (non-hydrogen) atoms. The number of likely N-dealkylation sites (tertiary alicyclic amines) is 1. The smallest absolute Gasteiger partial charge is 0.268 e. The number of hydrogen-bond donors (Lipinski definition) is 3. The molecule has 2 aliphatic carbocycles. The molecule has 3 N–H and O–H groups in total. The zero-order valence-corrected chi connectivity index (χ0v) is 20.5. The van der Waals surface area contributed by atoms with Gasteiger partial charge in [-0.05, 0) is 61.1 Å². The van der Waals surface area contributed by atoms with Crippen LogP contribution in [0.5, 0.6) is 5.75 Å². The highest BCUT2D eigenvalue weighted by molar-refractivity contribution is 6.02. The Morgan fingerprint density at radius 1 is 1.23 bits per heavy atom. The van der Waals surface area contributed by atoms with Gasteiger partial charge in [-0.3, -0.25) is 14.4 Å². The quantitative estimate of drug-likeness (QED) is 0.498. The molecule has 5 rings (SSSR count). The van der Waals surface area contributed by atoms with Crippen molar-refractivity contribution in [2.45, 2.75) is 51.7 Å². The van der Waals surface area contributed by atoms with Crippen molar-refractivity contribution in [1.29, 1.82) is 0 Å². The molecule has 5 atom stereocenters. The van der Waals surface area contributed by atoms with Crippen molar-refractivity contribution >= 4 is 34.9 Å². The van der Waals surface area contributed by atoms with Crippen LogP contribution in [0.3, 0.4) is 0 Å². The average Bonchev–Trinajstić information content (AvgIpc) is 3.61. The first kappa shape index (κ1) is 23.4. The predicted octanol–water partition coefficient (Wildman–Crippen LogP) is 1.87. The highest BCUT2D eigenvalue weighted by Crippen LogP contribution is 2.65. The Morgan fingerprint density at radius 3 is 2.63 bits per heavy atom. The number of fused-ring (bicyclic) bond motifs is 2. The number of H-pyrrole nitrogens is 1. The summed E-state index contributed by atoms with van der Waals surface area (Å²) >= 11 is 0. The molecule has 0 spiro atoms. The fourth-order valence-electron chi connectivity index (χ4n) is 5.79. The Morgan fingerprint density at radius 2 is 1.97 bits per heavy atom. The summed E-state index contributed by atoms with van der Waals surface area (Å²) in [5.74, 6) is 0.0789. The third-order valence-corrected chi connectivity index (χ3v) is 8.07. The minimum atomic E-state index is -0.699. The van der Waals surface area contributed by atoms with E-state index in [9.17, 15) is 19.2 Å². The molecular formula is C26H32N4O5. The Labute approximate surface area is 203 Å². The number of amides is 3. The van der Waals surface area contributed by atoms with Gasteiger partial charge in [-0.25, -0.2) is 0 Å². The standard InChI is InChI=1S/C26H32N4O5/c1-13(12-31)27-24(33)22-20-16(26(20,2)3)11-30(22)25(34)21(14-8-9-14)29-23(32)18-10-15-17(28-18)6-5-7-19(15)35-4/h5-7,10,12-14,16,20-22,28H,8-9,11H2,1-4H3,(H,27,33)(H,29,32)/t13-,16-,20-,21?,22-/m0/s1. The van der Waals surface area contributed by atoms with Crippen LogP contribution < -0.4 is 15.4 Å². The van der Waals surface area contributed by atoms with Gasteiger partial charge in [-0.2, -0.15) is 0 Å². The summed E-state index contributed by atoms with van der Waals surface area (Å²) in [5, 5.41) is 6.45. The molecule has 1 saturated heterocycles. The zero-order chi connectivity index (χ0) is 25.1. The van der Waals surface area contributed by atoms with Crippen LogP contribution in [0.4, 0.5) is 0 Å². The SMILES string of the molecule is COc1cccc2[nH]c(C(=O)NC(C(=O)N3C[C@H]4[C@@H]([C@H]3C(=O)N[C@@H](C)C=O)C4(C)C)C3CC3)cc12. The number of benzene rings is 1. The predicted molar refractivity (Wildman–Crippen MR) is 129 cm³/mol. The maximum atomic E-state index is 13.7. The van der Waals surface area contributed by atoms with Crippen molar-refractivity contribution in [1.82, 2.24) is 20.5 Å². The molecule has 3 fully saturated rings. The van der Waals surface area contributed by atoms with E-state index in [1.165, 1.54) is 0 Å². The first-order chi connectivity index (χ1) is 16.7. The van der Waals surface area contributed by atoms with Crippen molar-refractivity contribution in [2.75, 3.05) is 13.7 Å². The summed E-state index contributed by atoms with van der Waals surface area (Å²) in [6.07, 6.45) is 2.38. The van der Waals surface area contributed by atoms with E-state index in [0.717, 1.165) is 23.7 Å². The summed E-state index contributed by atoms with van der Waals surface area (Å²) in [5.41, 5.74) is 1.08. The first-order valence-corrected chi connectivity index (χ1v) is 12.2. The molecule has 9 heteroatoms. The lowest BCUT2D eigenvalue weighted by Crippen LogP contribution is -2.57. The lowest BCUT2D eigenvalue weighted by atomic mass is 9.99. The Bertz CT molecular complexity index is 1200. The van der Waals surface area contributed by atoms with Gasteiger partial charge in [0.15, 0.2) is 0 Å². The largest absolute Gasteiger partial charge is 0.496 e. The van der Waals surface area contributed by atoms with E-state index < -0.39 is 18.1 Å². The van der Waals surface area contributed by atoms with E-state index in [1.54, 1.807) is 25.0 Å². The molecule has 0 bridgehead atoms. The second-order valence-corrected chi connectivity index (χ2v) is 10.7. The second-order valence-electron chi connectivity index (χ2n) is 10.7. The Kier molecular flexibility index (Phi) is 5.61. The Balaban J connectivity index is 1.36. The van der Waals surface area contributed by atoms with Crippen LogP contribution in [-0.4, -0.2) is 65.7 Å². The minimum Gasteiger partial charge on any atom is -0.496 e. The van der Waals surface area contributed by atoms with Gasteiger partial charge in [-0.1, -0.05) is 19.9 Å². The van der Waals surface area contributed by atoms with Gasteiger partial charge in [0.1, 0.15) is 29.8 Å². The van der Waals surface area contributed by atoms with Crippen molar-refractivity contribution in [3.8, 4) is 5.75 Å². The van der Waals surface area contributed by atoms with E-state index in [2.05, 4.69) is 29.5 Å². The van der Waals surface area contributed by atoms with Crippen molar-refractivity contribution in [2.24, 2.45) is 23.2 Å². The van der Waals surface area contributed by atoms with Crippen molar-refractivity contribution in [3.05, 3.63) is 30.0 Å². The van der Waals surface area contributed by atoms with Gasteiger partial charge in [0.2, 0.25) is 11.8 Å². The van der Waals surface area contributed by atoms with Crippen LogP contribution >= 0.6 is 0 Å². The lowest BCUT2D eigenvalue weighted by molar-refractivity contribution is -0.142. The molecule has 3 amide bonds. The molecule has 2 saturated carbocycles. The van der Waals surface area contributed by atoms with Crippen LogP contribution in [-0.2, 0) is 14.4 Å². The van der Waals surface area contributed by atoms with E-state index in [4.69, 9.17) is 4.74 Å². The van der Waals surface area contributed by atoms with Crippen molar-refractivity contribution in [3.63, 3.8) is 0 Å². The molecule has 9 nitrogen and oxygen atoms in total. The molecule has 3 aliphatic rings. The number of carbonyl (C=O) groups is 4. The number of rotatable bonds is 8. The number of nitrogens with one attached hydrogen (secondary N) is 3. The van der Waals surface area contributed by atoms with Gasteiger partial charge < -0.3 is 30.0 Å². The third-order valence-electron chi connectivity index (χ3n) is 8.07. The number of aromatic amines is 1. The normalized spacial score (nSPS) is 25.9. The number of hydrogen-bond acceptors (Lipinski definition) is 5. The maximum absolute atomic E-state index is 13.7. The molecule has 186 valence electrons. The van der Waals surface area contributed by atoms with E-state index in [0.29, 0.717) is 24.3 Å². The fraction of sp³-hybridized carbons (Fsp3) is 0.538. The van der Waals surface area contributed by atoms with Crippen LogP contribution in [0, 0.1) is 23.2 Å².